The van der Waals surface area contributed by atoms with Gasteiger partial charge in [0.05, 0.1) is 25.5 Å². The van der Waals surface area contributed by atoms with Gasteiger partial charge in [0.1, 0.15) is 5.84 Å². The number of ether oxygens (including phenoxy) is 1. The molecule has 0 saturated carbocycles. The Bertz CT molecular complexity index is 641. The van der Waals surface area contributed by atoms with Gasteiger partial charge in [0.25, 0.3) is 0 Å². The van der Waals surface area contributed by atoms with Gasteiger partial charge < -0.3 is 20.7 Å². The third kappa shape index (κ3) is 5.97. The molecule has 0 unspecified atom stereocenters. The Kier molecular flexibility index (Phi) is 7.54. The van der Waals surface area contributed by atoms with Crippen molar-refractivity contribution >= 4 is 5.84 Å². The van der Waals surface area contributed by atoms with Gasteiger partial charge in [-0.15, -0.1) is 0 Å². The minimum atomic E-state index is 0.817. The first-order chi connectivity index (χ1) is 13.3. The third-order valence-corrected chi connectivity index (χ3v) is 5.19. The number of morpholine rings is 1. The molecule has 1 fully saturated rings. The number of hydrogen-bond donors (Lipinski definition) is 2. The molecule has 1 saturated heterocycles. The molecule has 0 atom stereocenters. The van der Waals surface area contributed by atoms with Crippen LogP contribution in [0.3, 0.4) is 0 Å². The molecule has 3 rings (SSSR count). The normalized spacial score (nSPS) is 22.8. The Morgan fingerprint density at radius 1 is 1.30 bits per heavy atom. The molecule has 0 aromatic heterocycles. The zero-order chi connectivity index (χ0) is 18.9. The molecular formula is C21H33N5O. The van der Waals surface area contributed by atoms with Crippen LogP contribution in [0.5, 0.6) is 0 Å². The van der Waals surface area contributed by atoms with Gasteiger partial charge >= 0.3 is 0 Å². The molecule has 2 aliphatic heterocycles. The van der Waals surface area contributed by atoms with Crippen LogP contribution in [-0.2, 0) is 4.74 Å². The lowest BCUT2D eigenvalue weighted by Crippen LogP contribution is -2.44. The highest BCUT2D eigenvalue weighted by atomic mass is 16.5. The fourth-order valence-corrected chi connectivity index (χ4v) is 3.54. The second kappa shape index (κ2) is 10.3. The summed E-state index contributed by atoms with van der Waals surface area (Å²) in [6, 6.07) is 0. The quantitative estimate of drug-likeness (QED) is 0.670. The predicted molar refractivity (Wildman–Crippen MR) is 111 cm³/mol. The molecule has 3 aliphatic rings. The Balaban J connectivity index is 1.58. The summed E-state index contributed by atoms with van der Waals surface area (Å²) in [6.07, 6.45) is 13.4. The van der Waals surface area contributed by atoms with E-state index in [1.54, 1.807) is 0 Å². The Morgan fingerprint density at radius 3 is 2.96 bits per heavy atom. The molecule has 3 N–H and O–H groups in total. The highest BCUT2D eigenvalue weighted by molar-refractivity contribution is 5.87. The highest BCUT2D eigenvalue weighted by Crippen LogP contribution is 2.21. The summed E-state index contributed by atoms with van der Waals surface area (Å²) in [5.41, 5.74) is 9.46. The van der Waals surface area contributed by atoms with E-state index in [9.17, 15) is 0 Å². The molecule has 0 amide bonds. The molecule has 0 spiro atoms. The van der Waals surface area contributed by atoms with Gasteiger partial charge in [-0.05, 0) is 19.4 Å². The molecule has 0 aromatic rings. The number of nitrogens with two attached hydrogens (primary N) is 1. The lowest BCUT2D eigenvalue weighted by molar-refractivity contribution is 0.0377. The van der Waals surface area contributed by atoms with Crippen molar-refractivity contribution < 1.29 is 4.74 Å². The summed E-state index contributed by atoms with van der Waals surface area (Å²) in [5, 5.41) is 3.57. The van der Waals surface area contributed by atoms with E-state index in [1.165, 1.54) is 11.4 Å². The van der Waals surface area contributed by atoms with Crippen molar-refractivity contribution in [1.29, 1.82) is 0 Å². The van der Waals surface area contributed by atoms with E-state index in [2.05, 4.69) is 39.4 Å². The largest absolute Gasteiger partial charge is 0.402 e. The fraction of sp³-hybridized carbons (Fsp3) is 0.571. The van der Waals surface area contributed by atoms with Crippen LogP contribution >= 0.6 is 0 Å². The maximum atomic E-state index is 6.02. The van der Waals surface area contributed by atoms with Crippen molar-refractivity contribution in [2.24, 2.45) is 10.7 Å². The zero-order valence-corrected chi connectivity index (χ0v) is 16.5. The van der Waals surface area contributed by atoms with E-state index in [1.807, 2.05) is 13.0 Å². The SMILES string of the molecule is C/C=C(\N)CCN1CC(=NCCCN2CCOCC2)NC2=C1C=CC=CC2. The van der Waals surface area contributed by atoms with Crippen LogP contribution in [0.4, 0.5) is 0 Å². The molecular weight excluding hydrogens is 338 g/mol. The van der Waals surface area contributed by atoms with Crippen LogP contribution in [0.15, 0.2) is 52.5 Å². The van der Waals surface area contributed by atoms with E-state index in [4.69, 9.17) is 15.5 Å². The summed E-state index contributed by atoms with van der Waals surface area (Å²) in [5.74, 6) is 1.07. The molecule has 0 radical (unpaired) electrons. The fourth-order valence-electron chi connectivity index (χ4n) is 3.54. The van der Waals surface area contributed by atoms with Gasteiger partial charge in [-0.1, -0.05) is 24.3 Å². The second-order valence-electron chi connectivity index (χ2n) is 7.15. The minimum absolute atomic E-state index is 0.817. The third-order valence-electron chi connectivity index (χ3n) is 5.19. The van der Waals surface area contributed by atoms with Crippen molar-refractivity contribution in [3.63, 3.8) is 0 Å². The first kappa shape index (κ1) is 19.7. The molecule has 6 heteroatoms. The predicted octanol–water partition coefficient (Wildman–Crippen LogP) is 1.99. The number of allylic oxidation sites excluding steroid dienone is 5. The van der Waals surface area contributed by atoms with Crippen molar-refractivity contribution in [1.82, 2.24) is 15.1 Å². The number of hydrogen-bond acceptors (Lipinski definition) is 5. The Morgan fingerprint density at radius 2 is 2.15 bits per heavy atom. The van der Waals surface area contributed by atoms with Crippen LogP contribution in [0, 0.1) is 0 Å². The molecule has 148 valence electrons. The average Bonchev–Trinajstić information content (AvgIpc) is 2.95. The summed E-state index contributed by atoms with van der Waals surface area (Å²) >= 11 is 0. The van der Waals surface area contributed by atoms with E-state index < -0.39 is 0 Å². The summed E-state index contributed by atoms with van der Waals surface area (Å²) < 4.78 is 5.41. The van der Waals surface area contributed by atoms with Crippen LogP contribution in [0.25, 0.3) is 0 Å². The van der Waals surface area contributed by atoms with Gasteiger partial charge in [0, 0.05) is 57.0 Å². The smallest absolute Gasteiger partial charge is 0.120 e. The summed E-state index contributed by atoms with van der Waals surface area (Å²) in [6.45, 7) is 9.49. The van der Waals surface area contributed by atoms with Crippen molar-refractivity contribution in [3.05, 3.63) is 47.5 Å². The highest BCUT2D eigenvalue weighted by Gasteiger charge is 2.22. The number of amidine groups is 1. The number of nitrogens with zero attached hydrogens (tertiary/aromatic N) is 3. The van der Waals surface area contributed by atoms with Gasteiger partial charge in [0.15, 0.2) is 0 Å². The average molecular weight is 372 g/mol. The van der Waals surface area contributed by atoms with Gasteiger partial charge in [-0.2, -0.15) is 0 Å². The summed E-state index contributed by atoms with van der Waals surface area (Å²) in [7, 11) is 0. The lowest BCUT2D eigenvalue weighted by Gasteiger charge is -2.34. The molecule has 1 aliphatic carbocycles. The number of aliphatic imine (C=N–C) groups is 1. The Labute approximate surface area is 163 Å². The minimum Gasteiger partial charge on any atom is -0.402 e. The molecule has 27 heavy (non-hydrogen) atoms. The topological polar surface area (TPSA) is 66.1 Å². The monoisotopic (exact) mass is 371 g/mol. The molecule has 0 bridgehead atoms. The summed E-state index contributed by atoms with van der Waals surface area (Å²) in [4.78, 5) is 9.72. The van der Waals surface area contributed by atoms with E-state index in [0.717, 1.165) is 83.3 Å². The second-order valence-corrected chi connectivity index (χ2v) is 7.15. The van der Waals surface area contributed by atoms with Gasteiger partial charge in [0.2, 0.25) is 0 Å². The molecule has 6 nitrogen and oxygen atoms in total. The Hall–Kier alpha value is -2.05. The lowest BCUT2D eigenvalue weighted by atomic mass is 10.1. The van der Waals surface area contributed by atoms with Crippen LogP contribution in [-0.4, -0.2) is 68.1 Å². The van der Waals surface area contributed by atoms with Crippen molar-refractivity contribution in [3.8, 4) is 0 Å². The maximum absolute atomic E-state index is 6.02. The van der Waals surface area contributed by atoms with Crippen LogP contribution in [0.1, 0.15) is 26.2 Å². The van der Waals surface area contributed by atoms with E-state index in [-0.39, 0.29) is 0 Å². The maximum Gasteiger partial charge on any atom is 0.120 e. The van der Waals surface area contributed by atoms with Crippen molar-refractivity contribution in [2.75, 3.05) is 52.5 Å². The van der Waals surface area contributed by atoms with Crippen LogP contribution < -0.4 is 11.1 Å². The van der Waals surface area contributed by atoms with Crippen LogP contribution in [0.2, 0.25) is 0 Å². The number of nitrogens with one attached hydrogen (secondary N) is 1. The number of rotatable bonds is 7. The zero-order valence-electron chi connectivity index (χ0n) is 16.5. The van der Waals surface area contributed by atoms with Crippen molar-refractivity contribution in [2.45, 2.75) is 26.2 Å². The van der Waals surface area contributed by atoms with E-state index in [0.29, 0.717) is 0 Å². The van der Waals surface area contributed by atoms with E-state index >= 15 is 0 Å². The molecule has 2 heterocycles. The first-order valence-corrected chi connectivity index (χ1v) is 10.1. The van der Waals surface area contributed by atoms with Gasteiger partial charge in [-0.3, -0.25) is 9.89 Å². The first-order valence-electron chi connectivity index (χ1n) is 10.1. The standard InChI is InChI=1S/C21H33N5O/c1-2-18(22)9-12-26-17-21(24-19-7-4-3-5-8-20(19)26)23-10-6-11-25-13-15-27-16-14-25/h2-5,8H,6-7,9-17,22H2,1H3,(H,23,24)/b18-2-. The van der Waals surface area contributed by atoms with Gasteiger partial charge in [-0.25, -0.2) is 0 Å². The molecule has 0 aromatic carbocycles.